The Balaban J connectivity index is 2.92. The van der Waals surface area contributed by atoms with Crippen molar-refractivity contribution in [1.82, 2.24) is 9.88 Å². The Kier molecular flexibility index (Phi) is 5.82. The summed E-state index contributed by atoms with van der Waals surface area (Å²) in [5, 5.41) is 9.59. The maximum Gasteiger partial charge on any atom is 0.308 e. The highest BCUT2D eigenvalue weighted by molar-refractivity contribution is 7.98. The molecule has 0 saturated heterocycles. The van der Waals surface area contributed by atoms with E-state index in [1.807, 2.05) is 13.2 Å². The molecule has 1 heterocycles. The van der Waals surface area contributed by atoms with Gasteiger partial charge in [0.2, 0.25) is 0 Å². The molecule has 1 amide bonds. The van der Waals surface area contributed by atoms with Crippen molar-refractivity contribution >= 4 is 23.6 Å². The van der Waals surface area contributed by atoms with Crippen LogP contribution in [0.1, 0.15) is 24.2 Å². The maximum absolute atomic E-state index is 12.4. The second-order valence-corrected chi connectivity index (χ2v) is 4.94. The van der Waals surface area contributed by atoms with Crippen LogP contribution in [0.25, 0.3) is 0 Å². The number of amides is 1. The average molecular weight is 282 g/mol. The van der Waals surface area contributed by atoms with Crippen molar-refractivity contribution < 1.29 is 14.7 Å². The van der Waals surface area contributed by atoms with Gasteiger partial charge in [-0.15, -0.1) is 11.8 Å². The van der Waals surface area contributed by atoms with Gasteiger partial charge in [0.1, 0.15) is 5.03 Å². The number of aliphatic carboxylic acids is 1. The highest BCUT2D eigenvalue weighted by atomic mass is 32.2. The smallest absolute Gasteiger partial charge is 0.308 e. The first-order valence-electron chi connectivity index (χ1n) is 6.02. The minimum atomic E-state index is -0.900. The molecule has 0 aromatic carbocycles. The lowest BCUT2D eigenvalue weighted by Crippen LogP contribution is -2.37. The van der Waals surface area contributed by atoms with Gasteiger partial charge >= 0.3 is 5.97 Å². The molecule has 0 fully saturated rings. The number of carbonyl (C=O) groups is 2. The van der Waals surface area contributed by atoms with Gasteiger partial charge in [0.15, 0.2) is 0 Å². The summed E-state index contributed by atoms with van der Waals surface area (Å²) in [6, 6.07) is 3.43. The van der Waals surface area contributed by atoms with Crippen LogP contribution in [0.3, 0.4) is 0 Å². The van der Waals surface area contributed by atoms with Crippen LogP contribution in [-0.2, 0) is 4.79 Å². The number of pyridine rings is 1. The summed E-state index contributed by atoms with van der Waals surface area (Å²) in [6.45, 7) is 4.10. The van der Waals surface area contributed by atoms with E-state index in [0.29, 0.717) is 17.1 Å². The average Bonchev–Trinajstić information content (AvgIpc) is 2.43. The molecule has 0 aliphatic carbocycles. The van der Waals surface area contributed by atoms with Gasteiger partial charge in [-0.05, 0) is 25.3 Å². The van der Waals surface area contributed by atoms with Crippen molar-refractivity contribution in [3.8, 4) is 0 Å². The molecular weight excluding hydrogens is 264 g/mol. The van der Waals surface area contributed by atoms with E-state index in [0.717, 1.165) is 0 Å². The van der Waals surface area contributed by atoms with Crippen LogP contribution in [0.15, 0.2) is 23.4 Å². The van der Waals surface area contributed by atoms with Gasteiger partial charge in [-0.25, -0.2) is 4.98 Å². The zero-order valence-corrected chi connectivity index (χ0v) is 12.1. The van der Waals surface area contributed by atoms with Gasteiger partial charge in [0, 0.05) is 19.3 Å². The number of carboxylic acids is 1. The lowest BCUT2D eigenvalue weighted by Gasteiger charge is -2.23. The van der Waals surface area contributed by atoms with Crippen LogP contribution < -0.4 is 0 Å². The van der Waals surface area contributed by atoms with E-state index in [1.54, 1.807) is 25.3 Å². The Hall–Kier alpha value is -1.56. The van der Waals surface area contributed by atoms with Gasteiger partial charge in [-0.3, -0.25) is 9.59 Å². The molecule has 6 heteroatoms. The lowest BCUT2D eigenvalue weighted by molar-refractivity contribution is -0.141. The van der Waals surface area contributed by atoms with Crippen LogP contribution >= 0.6 is 11.8 Å². The summed E-state index contributed by atoms with van der Waals surface area (Å²) >= 11 is 1.40. The molecule has 0 aliphatic rings. The second-order valence-electron chi connectivity index (χ2n) is 4.14. The molecule has 104 valence electrons. The van der Waals surface area contributed by atoms with Crippen LogP contribution in [0.4, 0.5) is 0 Å². The summed E-state index contributed by atoms with van der Waals surface area (Å²) < 4.78 is 0. The zero-order valence-electron chi connectivity index (χ0n) is 11.3. The Labute approximate surface area is 117 Å². The first kappa shape index (κ1) is 15.5. The molecule has 1 aromatic rings. The van der Waals surface area contributed by atoms with Crippen molar-refractivity contribution in [2.75, 3.05) is 19.3 Å². The summed E-state index contributed by atoms with van der Waals surface area (Å²) in [5.74, 6) is -1.66. The van der Waals surface area contributed by atoms with Crippen LogP contribution in [0.2, 0.25) is 0 Å². The van der Waals surface area contributed by atoms with Crippen LogP contribution in [0.5, 0.6) is 0 Å². The molecule has 0 spiro atoms. The molecule has 1 atom stereocenters. The molecule has 0 saturated carbocycles. The first-order valence-corrected chi connectivity index (χ1v) is 7.24. The minimum absolute atomic E-state index is 0.173. The van der Waals surface area contributed by atoms with E-state index in [-0.39, 0.29) is 12.5 Å². The van der Waals surface area contributed by atoms with E-state index < -0.39 is 11.9 Å². The Bertz CT molecular complexity index is 465. The number of nitrogens with zero attached hydrogens (tertiary/aromatic N) is 2. The second kappa shape index (κ2) is 7.13. The van der Waals surface area contributed by atoms with Crippen molar-refractivity contribution in [2.45, 2.75) is 18.9 Å². The molecule has 19 heavy (non-hydrogen) atoms. The number of carbonyl (C=O) groups excluding carboxylic acids is 1. The third-order valence-corrected chi connectivity index (χ3v) is 3.49. The number of rotatable bonds is 6. The fourth-order valence-corrected chi connectivity index (χ4v) is 2.19. The summed E-state index contributed by atoms with van der Waals surface area (Å²) in [7, 11) is 0. The third-order valence-electron chi connectivity index (χ3n) is 2.78. The van der Waals surface area contributed by atoms with Crippen molar-refractivity contribution in [3.05, 3.63) is 23.9 Å². The fraction of sp³-hybridized carbons (Fsp3) is 0.462. The normalized spacial score (nSPS) is 11.9. The van der Waals surface area contributed by atoms with Crippen molar-refractivity contribution in [3.63, 3.8) is 0 Å². The van der Waals surface area contributed by atoms with Crippen molar-refractivity contribution in [2.24, 2.45) is 5.92 Å². The van der Waals surface area contributed by atoms with E-state index in [9.17, 15) is 9.59 Å². The standard InChI is InChI=1S/C13H18N2O3S/c1-4-15(8-9(2)13(17)18)12(16)10-6-5-7-14-11(10)19-3/h5-7,9H,4,8H2,1-3H3,(H,17,18). The Morgan fingerprint density at radius 3 is 2.74 bits per heavy atom. The topological polar surface area (TPSA) is 70.5 Å². The molecule has 5 nitrogen and oxygen atoms in total. The number of hydrogen-bond acceptors (Lipinski definition) is 4. The van der Waals surface area contributed by atoms with E-state index in [1.165, 1.54) is 16.7 Å². The van der Waals surface area contributed by atoms with Gasteiger partial charge in [0.25, 0.3) is 5.91 Å². The minimum Gasteiger partial charge on any atom is -0.481 e. The van der Waals surface area contributed by atoms with Crippen LogP contribution in [0, 0.1) is 5.92 Å². The molecule has 0 radical (unpaired) electrons. The Morgan fingerprint density at radius 1 is 1.53 bits per heavy atom. The summed E-state index contributed by atoms with van der Waals surface area (Å²) in [5.41, 5.74) is 0.523. The predicted molar refractivity (Wildman–Crippen MR) is 74.4 cm³/mol. The summed E-state index contributed by atoms with van der Waals surface area (Å²) in [4.78, 5) is 29.0. The van der Waals surface area contributed by atoms with Gasteiger partial charge < -0.3 is 10.0 Å². The molecule has 1 aromatic heterocycles. The quantitative estimate of drug-likeness (QED) is 0.808. The largest absolute Gasteiger partial charge is 0.481 e. The Morgan fingerprint density at radius 2 is 2.21 bits per heavy atom. The summed E-state index contributed by atoms with van der Waals surface area (Å²) in [6.07, 6.45) is 3.49. The van der Waals surface area contributed by atoms with Gasteiger partial charge in [0.05, 0.1) is 11.5 Å². The third kappa shape index (κ3) is 3.96. The van der Waals surface area contributed by atoms with E-state index in [2.05, 4.69) is 4.98 Å². The van der Waals surface area contributed by atoms with E-state index in [4.69, 9.17) is 5.11 Å². The van der Waals surface area contributed by atoms with Gasteiger partial charge in [-0.2, -0.15) is 0 Å². The zero-order chi connectivity index (χ0) is 14.4. The number of thioether (sulfide) groups is 1. The first-order chi connectivity index (χ1) is 9.01. The van der Waals surface area contributed by atoms with Crippen LogP contribution in [-0.4, -0.2) is 46.2 Å². The lowest BCUT2D eigenvalue weighted by atomic mass is 10.1. The SMILES string of the molecule is CCN(CC(C)C(=O)O)C(=O)c1cccnc1SC. The molecule has 1 N–H and O–H groups in total. The molecule has 1 rings (SSSR count). The molecule has 0 bridgehead atoms. The molecular formula is C13H18N2O3S. The predicted octanol–water partition coefficient (Wildman–Crippen LogP) is 1.99. The molecule has 1 unspecified atom stereocenters. The molecule has 0 aliphatic heterocycles. The van der Waals surface area contributed by atoms with Gasteiger partial charge in [-0.1, -0.05) is 6.92 Å². The number of hydrogen-bond donors (Lipinski definition) is 1. The fourth-order valence-electron chi connectivity index (χ4n) is 1.65. The monoisotopic (exact) mass is 282 g/mol. The number of aromatic nitrogens is 1. The highest BCUT2D eigenvalue weighted by Gasteiger charge is 2.22. The van der Waals surface area contributed by atoms with E-state index >= 15 is 0 Å². The van der Waals surface area contributed by atoms with Crippen molar-refractivity contribution in [1.29, 1.82) is 0 Å². The number of carboxylic acid groups (broad SMARTS) is 1. The highest BCUT2D eigenvalue weighted by Crippen LogP contribution is 2.19. The maximum atomic E-state index is 12.4.